The van der Waals surface area contributed by atoms with Crippen molar-refractivity contribution < 1.29 is 9.13 Å². The molecule has 0 saturated heterocycles. The Hall–Kier alpha value is -2.37. The summed E-state index contributed by atoms with van der Waals surface area (Å²) in [7, 11) is 1.64. The second kappa shape index (κ2) is 5.20. The van der Waals surface area contributed by atoms with Crippen molar-refractivity contribution in [2.45, 2.75) is 19.9 Å². The van der Waals surface area contributed by atoms with E-state index in [0.29, 0.717) is 30.1 Å². The standard InChI is InChI=1S/C15H16FN3O2/c1-9-7-17-15(19(2)14(9)20)18-8-11-10-5-6-21-13(10)4-3-12(11)16/h3-4,7H,5-6,8H2,1-2H3,(H,17,18). The van der Waals surface area contributed by atoms with Gasteiger partial charge in [-0.2, -0.15) is 0 Å². The molecule has 0 amide bonds. The molecule has 0 unspecified atom stereocenters. The molecule has 0 bridgehead atoms. The molecule has 1 aliphatic rings. The minimum Gasteiger partial charge on any atom is -0.493 e. The van der Waals surface area contributed by atoms with E-state index in [-0.39, 0.29) is 17.9 Å². The second-order valence-corrected chi connectivity index (χ2v) is 5.08. The number of nitrogens with one attached hydrogen (secondary N) is 1. The van der Waals surface area contributed by atoms with Crippen LogP contribution in [-0.2, 0) is 20.0 Å². The van der Waals surface area contributed by atoms with Crippen molar-refractivity contribution >= 4 is 5.95 Å². The number of aromatic nitrogens is 2. The van der Waals surface area contributed by atoms with Gasteiger partial charge in [0, 0.05) is 42.9 Å². The number of nitrogens with zero attached hydrogens (tertiary/aromatic N) is 2. The monoisotopic (exact) mass is 289 g/mol. The number of anilines is 1. The number of benzene rings is 1. The first-order valence-corrected chi connectivity index (χ1v) is 6.77. The maximum absolute atomic E-state index is 14.0. The number of ether oxygens (including phenoxy) is 1. The predicted octanol–water partition coefficient (Wildman–Crippen LogP) is 1.77. The topological polar surface area (TPSA) is 56.2 Å². The summed E-state index contributed by atoms with van der Waals surface area (Å²) >= 11 is 0. The summed E-state index contributed by atoms with van der Waals surface area (Å²) in [6.07, 6.45) is 2.21. The number of fused-ring (bicyclic) bond motifs is 1. The first-order valence-electron chi connectivity index (χ1n) is 6.77. The van der Waals surface area contributed by atoms with Crippen molar-refractivity contribution in [1.82, 2.24) is 9.55 Å². The first-order chi connectivity index (χ1) is 10.1. The summed E-state index contributed by atoms with van der Waals surface area (Å²) in [6, 6.07) is 3.06. The smallest absolute Gasteiger partial charge is 0.257 e. The summed E-state index contributed by atoms with van der Waals surface area (Å²) < 4.78 is 20.9. The van der Waals surface area contributed by atoms with Crippen molar-refractivity contribution in [2.24, 2.45) is 7.05 Å². The number of aryl methyl sites for hydroxylation is 1. The number of hydrogen-bond acceptors (Lipinski definition) is 4. The first kappa shape index (κ1) is 13.6. The van der Waals surface area contributed by atoms with Gasteiger partial charge in [0.25, 0.3) is 5.56 Å². The van der Waals surface area contributed by atoms with Crippen molar-refractivity contribution in [3.05, 3.63) is 51.2 Å². The van der Waals surface area contributed by atoms with Gasteiger partial charge in [-0.15, -0.1) is 0 Å². The third-order valence-electron chi connectivity index (χ3n) is 3.70. The number of rotatable bonds is 3. The highest BCUT2D eigenvalue weighted by Gasteiger charge is 2.19. The molecule has 1 N–H and O–H groups in total. The van der Waals surface area contributed by atoms with Gasteiger partial charge in [0.1, 0.15) is 11.6 Å². The average Bonchev–Trinajstić information content (AvgIpc) is 2.94. The highest BCUT2D eigenvalue weighted by Crippen LogP contribution is 2.30. The minimum atomic E-state index is -0.274. The normalized spacial score (nSPS) is 12.9. The van der Waals surface area contributed by atoms with Crippen LogP contribution in [0.1, 0.15) is 16.7 Å². The lowest BCUT2D eigenvalue weighted by atomic mass is 10.0. The van der Waals surface area contributed by atoms with Crippen molar-refractivity contribution in [2.75, 3.05) is 11.9 Å². The van der Waals surface area contributed by atoms with Crippen LogP contribution < -0.4 is 15.6 Å². The van der Waals surface area contributed by atoms with Crippen molar-refractivity contribution in [1.29, 1.82) is 0 Å². The van der Waals surface area contributed by atoms with E-state index in [4.69, 9.17) is 4.74 Å². The van der Waals surface area contributed by atoms with E-state index < -0.39 is 0 Å². The van der Waals surface area contributed by atoms with Gasteiger partial charge in [0.2, 0.25) is 5.95 Å². The van der Waals surface area contributed by atoms with E-state index in [1.54, 1.807) is 20.0 Å². The lowest BCUT2D eigenvalue weighted by Crippen LogP contribution is -2.23. The van der Waals surface area contributed by atoms with E-state index >= 15 is 0 Å². The Balaban J connectivity index is 1.88. The van der Waals surface area contributed by atoms with E-state index in [0.717, 1.165) is 11.3 Å². The largest absolute Gasteiger partial charge is 0.493 e. The number of halogens is 1. The fourth-order valence-electron chi connectivity index (χ4n) is 2.50. The minimum absolute atomic E-state index is 0.116. The fourth-order valence-corrected chi connectivity index (χ4v) is 2.50. The van der Waals surface area contributed by atoms with Crippen LogP contribution in [0, 0.1) is 12.7 Å². The molecular formula is C15H16FN3O2. The molecule has 1 aliphatic heterocycles. The summed E-state index contributed by atoms with van der Waals surface area (Å²) in [5, 5.41) is 3.02. The van der Waals surface area contributed by atoms with Crippen LogP contribution in [0.4, 0.5) is 10.3 Å². The quantitative estimate of drug-likeness (QED) is 0.935. The summed E-state index contributed by atoms with van der Waals surface area (Å²) in [5.41, 5.74) is 1.91. The highest BCUT2D eigenvalue weighted by molar-refractivity contribution is 5.45. The van der Waals surface area contributed by atoms with Crippen LogP contribution in [-0.4, -0.2) is 16.2 Å². The second-order valence-electron chi connectivity index (χ2n) is 5.08. The van der Waals surface area contributed by atoms with E-state index in [1.165, 1.54) is 16.8 Å². The van der Waals surface area contributed by atoms with E-state index in [9.17, 15) is 9.18 Å². The molecule has 0 saturated carbocycles. The van der Waals surface area contributed by atoms with Gasteiger partial charge in [0.05, 0.1) is 6.61 Å². The van der Waals surface area contributed by atoms with Gasteiger partial charge in [-0.3, -0.25) is 9.36 Å². The molecule has 3 rings (SSSR count). The highest BCUT2D eigenvalue weighted by atomic mass is 19.1. The molecule has 0 atom stereocenters. The molecular weight excluding hydrogens is 273 g/mol. The molecule has 2 heterocycles. The molecule has 110 valence electrons. The summed E-state index contributed by atoms with van der Waals surface area (Å²) in [5.74, 6) is 0.879. The molecule has 0 fully saturated rings. The van der Waals surface area contributed by atoms with Crippen LogP contribution >= 0.6 is 0 Å². The van der Waals surface area contributed by atoms with Gasteiger partial charge in [-0.05, 0) is 19.1 Å². The van der Waals surface area contributed by atoms with Gasteiger partial charge in [-0.1, -0.05) is 0 Å². The van der Waals surface area contributed by atoms with Gasteiger partial charge >= 0.3 is 0 Å². The maximum Gasteiger partial charge on any atom is 0.257 e. The molecule has 0 aliphatic carbocycles. The van der Waals surface area contributed by atoms with Crippen molar-refractivity contribution in [3.63, 3.8) is 0 Å². The zero-order valence-corrected chi connectivity index (χ0v) is 11.9. The fraction of sp³-hybridized carbons (Fsp3) is 0.333. The average molecular weight is 289 g/mol. The van der Waals surface area contributed by atoms with Gasteiger partial charge in [-0.25, -0.2) is 9.37 Å². The zero-order chi connectivity index (χ0) is 15.0. The Morgan fingerprint density at radius 1 is 1.48 bits per heavy atom. The SMILES string of the molecule is Cc1cnc(NCc2c(F)ccc3c2CCO3)n(C)c1=O. The molecule has 21 heavy (non-hydrogen) atoms. The molecule has 0 spiro atoms. The molecule has 1 aromatic heterocycles. The van der Waals surface area contributed by atoms with Gasteiger partial charge < -0.3 is 10.1 Å². The Kier molecular flexibility index (Phi) is 3.37. The van der Waals surface area contributed by atoms with Crippen LogP contribution in [0.5, 0.6) is 5.75 Å². The molecule has 0 radical (unpaired) electrons. The maximum atomic E-state index is 14.0. The van der Waals surface area contributed by atoms with Crippen LogP contribution in [0.3, 0.4) is 0 Å². The predicted molar refractivity (Wildman–Crippen MR) is 77.1 cm³/mol. The third kappa shape index (κ3) is 2.37. The van der Waals surface area contributed by atoms with Crippen LogP contribution in [0.25, 0.3) is 0 Å². The molecule has 5 nitrogen and oxygen atoms in total. The number of hydrogen-bond donors (Lipinski definition) is 1. The van der Waals surface area contributed by atoms with Gasteiger partial charge in [0.15, 0.2) is 0 Å². The summed E-state index contributed by atoms with van der Waals surface area (Å²) in [4.78, 5) is 16.0. The Labute approximate surface area is 121 Å². The molecule has 2 aromatic rings. The van der Waals surface area contributed by atoms with E-state index in [2.05, 4.69) is 10.3 Å². The lowest BCUT2D eigenvalue weighted by Gasteiger charge is -2.13. The van der Waals surface area contributed by atoms with Crippen LogP contribution in [0.15, 0.2) is 23.1 Å². The summed E-state index contributed by atoms with van der Waals surface area (Å²) in [6.45, 7) is 2.55. The van der Waals surface area contributed by atoms with Crippen LogP contribution in [0.2, 0.25) is 0 Å². The molecule has 1 aromatic carbocycles. The van der Waals surface area contributed by atoms with E-state index in [1.807, 2.05) is 0 Å². The Morgan fingerprint density at radius 2 is 2.29 bits per heavy atom. The molecule has 6 heteroatoms. The third-order valence-corrected chi connectivity index (χ3v) is 3.70. The van der Waals surface area contributed by atoms with Crippen molar-refractivity contribution in [3.8, 4) is 5.75 Å². The zero-order valence-electron chi connectivity index (χ0n) is 11.9. The Morgan fingerprint density at radius 3 is 3.10 bits per heavy atom. The Bertz CT molecular complexity index is 755. The lowest BCUT2D eigenvalue weighted by molar-refractivity contribution is 0.356.